The quantitative estimate of drug-likeness (QED) is 0.638. The van der Waals surface area contributed by atoms with Gasteiger partial charge in [0.25, 0.3) is 5.69 Å². The van der Waals surface area contributed by atoms with Crippen molar-refractivity contribution < 1.29 is 14.8 Å². The van der Waals surface area contributed by atoms with Gasteiger partial charge in [-0.25, -0.2) is 4.79 Å². The molecule has 0 heterocycles. The molecule has 0 fully saturated rings. The number of rotatable bonds is 3. The minimum Gasteiger partial charge on any atom is -0.478 e. The van der Waals surface area contributed by atoms with Crippen LogP contribution in [-0.2, 0) is 6.42 Å². The predicted molar refractivity (Wildman–Crippen MR) is 54.4 cm³/mol. The van der Waals surface area contributed by atoms with Crippen LogP contribution in [0.3, 0.4) is 0 Å². The van der Waals surface area contributed by atoms with Gasteiger partial charge in [-0.15, -0.1) is 0 Å². The Hall–Kier alpha value is -1.62. The monoisotopic (exact) mass is 229 g/mol. The minimum atomic E-state index is -1.20. The number of hydrogen-bond donors (Lipinski definition) is 1. The molecule has 1 aromatic rings. The average molecular weight is 230 g/mol. The highest BCUT2D eigenvalue weighted by Crippen LogP contribution is 2.30. The second kappa shape index (κ2) is 4.27. The van der Waals surface area contributed by atoms with E-state index in [0.29, 0.717) is 12.0 Å². The summed E-state index contributed by atoms with van der Waals surface area (Å²) in [6.07, 6.45) is 0.445. The Bertz CT molecular complexity index is 430. The van der Waals surface area contributed by atoms with Gasteiger partial charge in [0.2, 0.25) is 0 Å². The Labute approximate surface area is 90.4 Å². The predicted octanol–water partition coefficient (Wildman–Crippen LogP) is 2.51. The number of nitro benzene ring substituents is 1. The van der Waals surface area contributed by atoms with E-state index < -0.39 is 10.9 Å². The number of carboxylic acids is 1. The maximum atomic E-state index is 10.7. The summed E-state index contributed by atoms with van der Waals surface area (Å²) in [5.74, 6) is -1.20. The van der Waals surface area contributed by atoms with Gasteiger partial charge in [-0.3, -0.25) is 10.1 Å². The van der Waals surface area contributed by atoms with Crippen molar-refractivity contribution in [3.8, 4) is 0 Å². The van der Waals surface area contributed by atoms with Gasteiger partial charge in [-0.05, 0) is 18.1 Å². The molecule has 0 atom stereocenters. The molecule has 1 rings (SSSR count). The number of carboxylic acid groups (broad SMARTS) is 1. The van der Waals surface area contributed by atoms with Crippen molar-refractivity contribution >= 4 is 23.3 Å². The van der Waals surface area contributed by atoms with Gasteiger partial charge in [0.05, 0.1) is 10.5 Å². The van der Waals surface area contributed by atoms with Gasteiger partial charge in [0.1, 0.15) is 5.02 Å². The average Bonchev–Trinajstić information content (AvgIpc) is 2.17. The van der Waals surface area contributed by atoms with Crippen LogP contribution in [0.15, 0.2) is 12.1 Å². The van der Waals surface area contributed by atoms with Crippen LogP contribution in [0, 0.1) is 10.1 Å². The van der Waals surface area contributed by atoms with Crippen LogP contribution in [0.2, 0.25) is 5.02 Å². The Morgan fingerprint density at radius 2 is 2.20 bits per heavy atom. The number of halogens is 1. The smallest absolute Gasteiger partial charge is 0.335 e. The van der Waals surface area contributed by atoms with Gasteiger partial charge in [0.15, 0.2) is 0 Å². The van der Waals surface area contributed by atoms with E-state index in [-0.39, 0.29) is 16.3 Å². The molecule has 0 aliphatic rings. The van der Waals surface area contributed by atoms with Crippen LogP contribution in [0.25, 0.3) is 0 Å². The molecule has 0 bridgehead atoms. The first kappa shape index (κ1) is 11.5. The summed E-state index contributed by atoms with van der Waals surface area (Å²) in [4.78, 5) is 20.6. The van der Waals surface area contributed by atoms with Gasteiger partial charge < -0.3 is 5.11 Å². The number of nitro groups is 1. The van der Waals surface area contributed by atoms with Crippen LogP contribution < -0.4 is 0 Å². The Balaban J connectivity index is 3.45. The molecular weight excluding hydrogens is 222 g/mol. The standard InChI is InChI=1S/C9H8ClNO4/c1-2-5-3-6(9(12)13)4-7(8(5)10)11(14)15/h3-4H,2H2,1H3,(H,12,13). The highest BCUT2D eigenvalue weighted by molar-refractivity contribution is 6.33. The Morgan fingerprint density at radius 1 is 1.60 bits per heavy atom. The summed E-state index contributed by atoms with van der Waals surface area (Å²) < 4.78 is 0. The number of aryl methyl sites for hydroxylation is 1. The van der Waals surface area contributed by atoms with Crippen LogP contribution >= 0.6 is 11.6 Å². The third kappa shape index (κ3) is 2.24. The van der Waals surface area contributed by atoms with Crippen LogP contribution in [0.1, 0.15) is 22.8 Å². The van der Waals surface area contributed by atoms with E-state index in [1.54, 1.807) is 6.92 Å². The van der Waals surface area contributed by atoms with Crippen molar-refractivity contribution in [1.82, 2.24) is 0 Å². The number of carbonyl (C=O) groups is 1. The molecule has 0 saturated carbocycles. The van der Waals surface area contributed by atoms with E-state index >= 15 is 0 Å². The fourth-order valence-corrected chi connectivity index (χ4v) is 1.49. The molecule has 0 radical (unpaired) electrons. The highest BCUT2D eigenvalue weighted by atomic mass is 35.5. The van der Waals surface area contributed by atoms with Gasteiger partial charge in [-0.1, -0.05) is 18.5 Å². The van der Waals surface area contributed by atoms with E-state index in [1.165, 1.54) is 6.07 Å². The summed E-state index contributed by atoms with van der Waals surface area (Å²) in [7, 11) is 0. The summed E-state index contributed by atoms with van der Waals surface area (Å²) in [5.41, 5.74) is -0.0281. The highest BCUT2D eigenvalue weighted by Gasteiger charge is 2.19. The summed E-state index contributed by atoms with van der Waals surface area (Å²) in [5, 5.41) is 19.3. The number of benzene rings is 1. The third-order valence-electron chi connectivity index (χ3n) is 1.95. The van der Waals surface area contributed by atoms with E-state index in [0.717, 1.165) is 6.07 Å². The second-order valence-corrected chi connectivity index (χ2v) is 3.26. The Kier molecular flexibility index (Phi) is 3.26. The molecule has 5 nitrogen and oxygen atoms in total. The maximum Gasteiger partial charge on any atom is 0.335 e. The number of hydrogen-bond acceptors (Lipinski definition) is 3. The maximum absolute atomic E-state index is 10.7. The lowest BCUT2D eigenvalue weighted by atomic mass is 10.1. The zero-order valence-electron chi connectivity index (χ0n) is 7.86. The van der Waals surface area contributed by atoms with E-state index in [1.807, 2.05) is 0 Å². The van der Waals surface area contributed by atoms with Crippen molar-refractivity contribution in [2.24, 2.45) is 0 Å². The first-order valence-corrected chi connectivity index (χ1v) is 4.55. The van der Waals surface area contributed by atoms with Gasteiger partial charge >= 0.3 is 5.97 Å². The van der Waals surface area contributed by atoms with E-state index in [4.69, 9.17) is 16.7 Å². The fraction of sp³-hybridized carbons (Fsp3) is 0.222. The summed E-state index contributed by atoms with van der Waals surface area (Å²) >= 11 is 5.75. The lowest BCUT2D eigenvalue weighted by Gasteiger charge is -2.03. The second-order valence-electron chi connectivity index (χ2n) is 2.88. The lowest BCUT2D eigenvalue weighted by Crippen LogP contribution is -2.01. The van der Waals surface area contributed by atoms with Crippen molar-refractivity contribution in [3.05, 3.63) is 38.4 Å². The van der Waals surface area contributed by atoms with Crippen LogP contribution in [0.5, 0.6) is 0 Å². The van der Waals surface area contributed by atoms with E-state index in [9.17, 15) is 14.9 Å². The molecule has 0 saturated heterocycles. The Morgan fingerprint density at radius 3 is 2.60 bits per heavy atom. The summed E-state index contributed by atoms with van der Waals surface area (Å²) in [6.45, 7) is 1.75. The van der Waals surface area contributed by atoms with Crippen molar-refractivity contribution in [2.45, 2.75) is 13.3 Å². The number of aromatic carboxylic acids is 1. The van der Waals surface area contributed by atoms with Gasteiger partial charge in [-0.2, -0.15) is 0 Å². The first-order valence-electron chi connectivity index (χ1n) is 4.17. The molecule has 0 aliphatic heterocycles. The molecule has 0 aliphatic carbocycles. The van der Waals surface area contributed by atoms with Crippen LogP contribution in [-0.4, -0.2) is 16.0 Å². The molecular formula is C9H8ClNO4. The molecule has 0 spiro atoms. The summed E-state index contributed by atoms with van der Waals surface area (Å²) in [6, 6.07) is 2.31. The lowest BCUT2D eigenvalue weighted by molar-refractivity contribution is -0.384. The van der Waals surface area contributed by atoms with Crippen molar-refractivity contribution in [3.63, 3.8) is 0 Å². The van der Waals surface area contributed by atoms with Crippen LogP contribution in [0.4, 0.5) is 5.69 Å². The zero-order chi connectivity index (χ0) is 11.6. The molecule has 6 heteroatoms. The van der Waals surface area contributed by atoms with E-state index in [2.05, 4.69) is 0 Å². The molecule has 0 aromatic heterocycles. The van der Waals surface area contributed by atoms with Crippen molar-refractivity contribution in [1.29, 1.82) is 0 Å². The fourth-order valence-electron chi connectivity index (χ4n) is 1.18. The zero-order valence-corrected chi connectivity index (χ0v) is 8.61. The molecule has 0 amide bonds. The first-order chi connectivity index (χ1) is 6.97. The normalized spacial score (nSPS) is 10.0. The molecule has 0 unspecified atom stereocenters. The molecule has 15 heavy (non-hydrogen) atoms. The largest absolute Gasteiger partial charge is 0.478 e. The van der Waals surface area contributed by atoms with Crippen molar-refractivity contribution in [2.75, 3.05) is 0 Å². The SMILES string of the molecule is CCc1cc(C(=O)O)cc([N+](=O)[O-])c1Cl. The third-order valence-corrected chi connectivity index (χ3v) is 2.39. The molecule has 80 valence electrons. The molecule has 1 aromatic carbocycles. The topological polar surface area (TPSA) is 80.4 Å². The minimum absolute atomic E-state index is 0.00694. The van der Waals surface area contributed by atoms with Gasteiger partial charge in [0, 0.05) is 6.07 Å². The molecule has 1 N–H and O–H groups in total. The number of nitrogens with zero attached hydrogens (tertiary/aromatic N) is 1.